The average Bonchev–Trinajstić information content (AvgIpc) is 3.14. The van der Waals surface area contributed by atoms with Gasteiger partial charge in [0.15, 0.2) is 11.5 Å². The molecular weight excluding hydrogens is 364 g/mol. The number of rotatable bonds is 7. The molecule has 2 heterocycles. The quantitative estimate of drug-likeness (QED) is 0.495. The zero-order valence-electron chi connectivity index (χ0n) is 14.9. The second-order valence-corrected chi connectivity index (χ2v) is 7.27. The fourth-order valence-corrected chi connectivity index (χ4v) is 3.81. The molecule has 0 saturated carbocycles. The van der Waals surface area contributed by atoms with Gasteiger partial charge in [-0.25, -0.2) is 9.97 Å². The number of aryl methyl sites for hydroxylation is 1. The van der Waals surface area contributed by atoms with Gasteiger partial charge in [0.2, 0.25) is 6.79 Å². The maximum absolute atomic E-state index is 10.3. The van der Waals surface area contributed by atoms with Crippen molar-refractivity contribution in [3.63, 3.8) is 0 Å². The smallest absolute Gasteiger partial charge is 0.231 e. The average molecular weight is 384 g/mol. The summed E-state index contributed by atoms with van der Waals surface area (Å²) in [4.78, 5) is 8.95. The third kappa shape index (κ3) is 4.32. The third-order valence-electron chi connectivity index (χ3n) is 4.11. The van der Waals surface area contributed by atoms with Gasteiger partial charge >= 0.3 is 0 Å². The third-order valence-corrected chi connectivity index (χ3v) is 5.24. The van der Waals surface area contributed by atoms with Crippen LogP contribution in [0.15, 0.2) is 47.5 Å². The Hall–Kier alpha value is -2.35. The second kappa shape index (κ2) is 8.12. The Kier molecular flexibility index (Phi) is 5.42. The van der Waals surface area contributed by atoms with Gasteiger partial charge in [0.1, 0.15) is 10.9 Å². The molecule has 0 saturated heterocycles. The summed E-state index contributed by atoms with van der Waals surface area (Å²) >= 11 is 1.52. The van der Waals surface area contributed by atoms with Gasteiger partial charge in [0.05, 0.1) is 24.8 Å². The topological polar surface area (TPSA) is 73.7 Å². The fraction of sp³-hybridized carbons (Fsp3) is 0.300. The summed E-state index contributed by atoms with van der Waals surface area (Å²) in [5, 5.41) is 12.1. The predicted molar refractivity (Wildman–Crippen MR) is 103 cm³/mol. The summed E-state index contributed by atoms with van der Waals surface area (Å²) in [6.45, 7) is 2.80. The Labute approximate surface area is 161 Å². The summed E-state index contributed by atoms with van der Waals surface area (Å²) in [5.74, 6) is 2.72. The molecule has 0 unspecified atom stereocenters. The highest BCUT2D eigenvalue weighted by Gasteiger charge is 2.14. The van der Waals surface area contributed by atoms with Crippen LogP contribution >= 0.6 is 11.8 Å². The van der Waals surface area contributed by atoms with Crippen molar-refractivity contribution in [1.29, 1.82) is 0 Å². The van der Waals surface area contributed by atoms with E-state index >= 15 is 0 Å². The molecule has 0 aliphatic carbocycles. The number of aliphatic hydroxyl groups excluding tert-OH is 1. The number of ether oxygens (including phenoxy) is 3. The van der Waals surface area contributed by atoms with E-state index in [0.29, 0.717) is 12.4 Å². The van der Waals surface area contributed by atoms with E-state index in [9.17, 15) is 5.11 Å². The maximum atomic E-state index is 10.3. The van der Waals surface area contributed by atoms with E-state index in [1.54, 1.807) is 0 Å². The summed E-state index contributed by atoms with van der Waals surface area (Å²) in [5.41, 5.74) is 1.90. The van der Waals surface area contributed by atoms with Crippen molar-refractivity contribution < 1.29 is 19.3 Å². The van der Waals surface area contributed by atoms with Crippen molar-refractivity contribution in [1.82, 2.24) is 9.97 Å². The van der Waals surface area contributed by atoms with Crippen LogP contribution in [0, 0.1) is 6.92 Å². The highest BCUT2D eigenvalue weighted by molar-refractivity contribution is 7.99. The van der Waals surface area contributed by atoms with E-state index in [1.807, 2.05) is 49.4 Å². The first kappa shape index (κ1) is 18.0. The summed E-state index contributed by atoms with van der Waals surface area (Å²) in [7, 11) is 0. The largest absolute Gasteiger partial charge is 0.454 e. The van der Waals surface area contributed by atoms with Crippen LogP contribution in [0.3, 0.4) is 0 Å². The molecule has 7 heteroatoms. The molecule has 0 radical (unpaired) electrons. The maximum Gasteiger partial charge on any atom is 0.231 e. The van der Waals surface area contributed by atoms with Crippen molar-refractivity contribution in [3.05, 3.63) is 53.9 Å². The predicted octanol–water partition coefficient (Wildman–Crippen LogP) is 3.34. The van der Waals surface area contributed by atoms with Gasteiger partial charge in [-0.3, -0.25) is 0 Å². The summed E-state index contributed by atoms with van der Waals surface area (Å²) in [6.07, 6.45) is -0.585. The van der Waals surface area contributed by atoms with E-state index in [1.165, 1.54) is 11.8 Å². The highest BCUT2D eigenvalue weighted by atomic mass is 32.2. The molecule has 140 valence electrons. The molecule has 27 heavy (non-hydrogen) atoms. The SMILES string of the molecule is Cc1nc(SC[C@@H](O)COCc2ccc3c(c2)OCO3)c2ccccc2n1. The Morgan fingerprint density at radius 2 is 2.00 bits per heavy atom. The molecule has 2 aromatic carbocycles. The number of fused-ring (bicyclic) bond motifs is 2. The van der Waals surface area contributed by atoms with Crippen molar-refractivity contribution in [3.8, 4) is 11.5 Å². The number of hydrogen-bond donors (Lipinski definition) is 1. The standard InChI is InChI=1S/C20H20N2O4S/c1-13-21-17-5-3-2-4-16(17)20(22-13)27-11-15(23)10-24-9-14-6-7-18-19(8-14)26-12-25-18/h2-8,15,23H,9-12H2,1H3/t15-/m0/s1. The van der Waals surface area contributed by atoms with Crippen molar-refractivity contribution >= 4 is 22.7 Å². The molecule has 1 atom stereocenters. The first-order valence-electron chi connectivity index (χ1n) is 8.69. The molecule has 1 N–H and O–H groups in total. The number of hydrogen-bond acceptors (Lipinski definition) is 7. The van der Waals surface area contributed by atoms with Gasteiger partial charge in [-0.05, 0) is 30.7 Å². The minimum atomic E-state index is -0.585. The minimum Gasteiger partial charge on any atom is -0.454 e. The Morgan fingerprint density at radius 3 is 2.93 bits per heavy atom. The van der Waals surface area contributed by atoms with E-state index in [0.717, 1.165) is 38.8 Å². The molecule has 1 aliphatic heterocycles. The second-order valence-electron chi connectivity index (χ2n) is 6.26. The van der Waals surface area contributed by atoms with Gasteiger partial charge < -0.3 is 19.3 Å². The van der Waals surface area contributed by atoms with E-state index in [-0.39, 0.29) is 13.4 Å². The minimum absolute atomic E-state index is 0.253. The lowest BCUT2D eigenvalue weighted by Crippen LogP contribution is -2.18. The molecule has 0 amide bonds. The number of nitrogens with zero attached hydrogens (tertiary/aromatic N) is 2. The number of benzene rings is 2. The van der Waals surface area contributed by atoms with Gasteiger partial charge in [-0.15, -0.1) is 11.8 Å². The van der Waals surface area contributed by atoms with E-state index < -0.39 is 6.10 Å². The van der Waals surface area contributed by atoms with Crippen LogP contribution in [0.25, 0.3) is 10.9 Å². The lowest BCUT2D eigenvalue weighted by Gasteiger charge is -2.12. The van der Waals surface area contributed by atoms with Crippen molar-refractivity contribution in [2.75, 3.05) is 19.2 Å². The van der Waals surface area contributed by atoms with Crippen LogP contribution in [0.4, 0.5) is 0 Å². The lowest BCUT2D eigenvalue weighted by molar-refractivity contribution is 0.0397. The van der Waals surface area contributed by atoms with Gasteiger partial charge in [-0.2, -0.15) is 0 Å². The Balaban J connectivity index is 1.29. The van der Waals surface area contributed by atoms with Crippen molar-refractivity contribution in [2.45, 2.75) is 24.7 Å². The molecule has 3 aromatic rings. The molecule has 1 aromatic heterocycles. The molecule has 0 bridgehead atoms. The van der Waals surface area contributed by atoms with Gasteiger partial charge in [0, 0.05) is 11.1 Å². The highest BCUT2D eigenvalue weighted by Crippen LogP contribution is 2.32. The van der Waals surface area contributed by atoms with Crippen molar-refractivity contribution in [2.24, 2.45) is 0 Å². The lowest BCUT2D eigenvalue weighted by atomic mass is 10.2. The molecular formula is C20H20N2O4S. The molecule has 4 rings (SSSR count). The van der Waals surface area contributed by atoms with Crippen LogP contribution in [0.5, 0.6) is 11.5 Å². The summed E-state index contributed by atoms with van der Waals surface area (Å²) < 4.78 is 16.3. The first-order chi connectivity index (χ1) is 13.2. The molecule has 0 fully saturated rings. The van der Waals surface area contributed by atoms with E-state index in [2.05, 4.69) is 9.97 Å². The van der Waals surface area contributed by atoms with Crippen LogP contribution in [0.2, 0.25) is 0 Å². The first-order valence-corrected chi connectivity index (χ1v) is 9.68. The van der Waals surface area contributed by atoms with Crippen LogP contribution in [-0.4, -0.2) is 40.3 Å². The Morgan fingerprint density at radius 1 is 1.15 bits per heavy atom. The molecule has 6 nitrogen and oxygen atoms in total. The zero-order valence-corrected chi connectivity index (χ0v) is 15.7. The van der Waals surface area contributed by atoms with Crippen LogP contribution < -0.4 is 9.47 Å². The Bertz CT molecular complexity index is 950. The normalized spacial score (nSPS) is 13.9. The number of aliphatic hydroxyl groups is 1. The van der Waals surface area contributed by atoms with Gasteiger partial charge in [0.25, 0.3) is 0 Å². The molecule has 1 aliphatic rings. The molecule has 0 spiro atoms. The van der Waals surface area contributed by atoms with Crippen LogP contribution in [0.1, 0.15) is 11.4 Å². The number of thioether (sulfide) groups is 1. The monoisotopic (exact) mass is 384 g/mol. The summed E-state index contributed by atoms with van der Waals surface area (Å²) in [6, 6.07) is 13.6. The zero-order chi connectivity index (χ0) is 18.6. The van der Waals surface area contributed by atoms with Crippen LogP contribution in [-0.2, 0) is 11.3 Å². The number of aromatic nitrogens is 2. The van der Waals surface area contributed by atoms with Gasteiger partial charge in [-0.1, -0.05) is 24.3 Å². The fourth-order valence-electron chi connectivity index (χ4n) is 2.84. The number of para-hydroxylation sites is 1. The van der Waals surface area contributed by atoms with E-state index in [4.69, 9.17) is 14.2 Å².